The molecule has 4 nitrogen and oxygen atoms in total. The van der Waals surface area contributed by atoms with Gasteiger partial charge in [0.15, 0.2) is 12.0 Å². The van der Waals surface area contributed by atoms with E-state index in [2.05, 4.69) is 5.10 Å². The number of carbonyl (C=O) groups excluding carboxylic acids is 1. The molecule has 0 aliphatic heterocycles. The minimum absolute atomic E-state index is 0.229. The zero-order valence-electron chi connectivity index (χ0n) is 8.68. The van der Waals surface area contributed by atoms with Gasteiger partial charge in [0.05, 0.1) is 11.8 Å². The Balaban J connectivity index is 2.51. The fraction of sp³-hybridized carbons (Fsp3) is 0.273. The first kappa shape index (κ1) is 9.71. The van der Waals surface area contributed by atoms with Gasteiger partial charge >= 0.3 is 0 Å². The van der Waals surface area contributed by atoms with E-state index >= 15 is 0 Å². The van der Waals surface area contributed by atoms with Gasteiger partial charge in [0.25, 0.3) is 0 Å². The number of rotatable bonds is 3. The Labute approximate surface area is 87.5 Å². The third-order valence-corrected chi connectivity index (χ3v) is 2.17. The predicted molar refractivity (Wildman–Crippen MR) is 55.7 cm³/mol. The molecule has 0 radical (unpaired) electrons. The molecule has 0 atom stereocenters. The van der Waals surface area contributed by atoms with E-state index in [0.29, 0.717) is 17.0 Å². The maximum atomic E-state index is 10.9. The van der Waals surface area contributed by atoms with Crippen LogP contribution >= 0.6 is 0 Å². The molecule has 0 bridgehead atoms. The van der Waals surface area contributed by atoms with Crippen molar-refractivity contribution in [3.8, 4) is 11.5 Å². The summed E-state index contributed by atoms with van der Waals surface area (Å²) in [6.45, 7) is 4.01. The van der Waals surface area contributed by atoms with Crippen LogP contribution in [0, 0.1) is 0 Å². The van der Waals surface area contributed by atoms with E-state index in [1.807, 2.05) is 13.8 Å². The van der Waals surface area contributed by atoms with Crippen LogP contribution in [-0.2, 0) is 0 Å². The molecule has 2 heterocycles. The fourth-order valence-corrected chi connectivity index (χ4v) is 1.36. The topological polar surface area (TPSA) is 48.0 Å². The molecular weight excluding hydrogens is 192 g/mol. The Kier molecular flexibility index (Phi) is 2.41. The number of hydrogen-bond donors (Lipinski definition) is 0. The van der Waals surface area contributed by atoms with Crippen LogP contribution in [0.5, 0.6) is 0 Å². The minimum atomic E-state index is 0.229. The summed E-state index contributed by atoms with van der Waals surface area (Å²) in [5.41, 5.74) is 1.15. The molecule has 2 rings (SSSR count). The third kappa shape index (κ3) is 1.70. The van der Waals surface area contributed by atoms with Crippen molar-refractivity contribution in [2.75, 3.05) is 0 Å². The molecule has 0 amide bonds. The van der Waals surface area contributed by atoms with Gasteiger partial charge in [0.1, 0.15) is 5.69 Å². The molecule has 0 saturated heterocycles. The van der Waals surface area contributed by atoms with Crippen molar-refractivity contribution in [2.45, 2.75) is 19.9 Å². The Morgan fingerprint density at radius 1 is 1.53 bits per heavy atom. The van der Waals surface area contributed by atoms with E-state index in [1.165, 1.54) is 0 Å². The molecule has 2 aromatic heterocycles. The largest absolute Gasteiger partial charge is 0.463 e. The van der Waals surface area contributed by atoms with E-state index in [-0.39, 0.29) is 6.04 Å². The molecule has 0 unspecified atom stereocenters. The van der Waals surface area contributed by atoms with Gasteiger partial charge in [-0.3, -0.25) is 9.48 Å². The highest BCUT2D eigenvalue weighted by atomic mass is 16.3. The molecule has 2 aromatic rings. The van der Waals surface area contributed by atoms with Crippen LogP contribution < -0.4 is 0 Å². The van der Waals surface area contributed by atoms with Gasteiger partial charge in [0, 0.05) is 12.2 Å². The summed E-state index contributed by atoms with van der Waals surface area (Å²) in [7, 11) is 0. The Morgan fingerprint density at radius 2 is 2.33 bits per heavy atom. The van der Waals surface area contributed by atoms with Crippen LogP contribution in [0.4, 0.5) is 0 Å². The highest BCUT2D eigenvalue weighted by molar-refractivity contribution is 5.83. The van der Waals surface area contributed by atoms with E-state index in [0.717, 1.165) is 6.29 Å². The monoisotopic (exact) mass is 204 g/mol. The van der Waals surface area contributed by atoms with Gasteiger partial charge in [-0.2, -0.15) is 5.10 Å². The molecule has 4 heteroatoms. The lowest BCUT2D eigenvalue weighted by atomic mass is 10.2. The van der Waals surface area contributed by atoms with Crippen molar-refractivity contribution in [2.24, 2.45) is 0 Å². The SMILES string of the molecule is CC(C)n1cc(C=O)c(-c2ccco2)n1. The second-order valence-corrected chi connectivity index (χ2v) is 3.60. The van der Waals surface area contributed by atoms with Crippen LogP contribution in [0.15, 0.2) is 29.0 Å². The average Bonchev–Trinajstić information content (AvgIpc) is 2.86. The fourth-order valence-electron chi connectivity index (χ4n) is 1.36. The minimum Gasteiger partial charge on any atom is -0.463 e. The summed E-state index contributed by atoms with van der Waals surface area (Å²) in [4.78, 5) is 10.9. The summed E-state index contributed by atoms with van der Waals surface area (Å²) in [6.07, 6.45) is 4.09. The lowest BCUT2D eigenvalue weighted by molar-refractivity contribution is 0.112. The van der Waals surface area contributed by atoms with Crippen LogP contribution in [0.1, 0.15) is 30.2 Å². The van der Waals surface area contributed by atoms with E-state index in [1.54, 1.807) is 29.3 Å². The third-order valence-electron chi connectivity index (χ3n) is 2.17. The first-order chi connectivity index (χ1) is 7.22. The molecule has 0 aromatic carbocycles. The van der Waals surface area contributed by atoms with Gasteiger partial charge in [-0.25, -0.2) is 0 Å². The van der Waals surface area contributed by atoms with Crippen molar-refractivity contribution in [1.82, 2.24) is 9.78 Å². The van der Waals surface area contributed by atoms with Crippen LogP contribution in [0.2, 0.25) is 0 Å². The smallest absolute Gasteiger partial charge is 0.154 e. The molecule has 0 fully saturated rings. The maximum absolute atomic E-state index is 10.9. The van der Waals surface area contributed by atoms with Crippen molar-refractivity contribution in [3.05, 3.63) is 30.2 Å². The standard InChI is InChI=1S/C11H12N2O2/c1-8(2)13-6-9(7-14)11(12-13)10-4-3-5-15-10/h3-8H,1-2H3. The number of furan rings is 1. The average molecular weight is 204 g/mol. The van der Waals surface area contributed by atoms with Gasteiger partial charge in [-0.05, 0) is 26.0 Å². The molecule has 0 aliphatic rings. The Morgan fingerprint density at radius 3 is 2.87 bits per heavy atom. The van der Waals surface area contributed by atoms with Crippen LogP contribution in [-0.4, -0.2) is 16.1 Å². The van der Waals surface area contributed by atoms with Gasteiger partial charge < -0.3 is 4.42 Å². The predicted octanol–water partition coefficient (Wildman–Crippen LogP) is 2.54. The number of aromatic nitrogens is 2. The highest BCUT2D eigenvalue weighted by Gasteiger charge is 2.13. The summed E-state index contributed by atoms with van der Waals surface area (Å²) in [5.74, 6) is 0.622. The summed E-state index contributed by atoms with van der Waals surface area (Å²) in [6, 6.07) is 3.80. The Bertz CT molecular complexity index is 455. The number of aldehydes is 1. The summed E-state index contributed by atoms with van der Waals surface area (Å²) in [5, 5.41) is 4.31. The highest BCUT2D eigenvalue weighted by Crippen LogP contribution is 2.22. The maximum Gasteiger partial charge on any atom is 0.154 e. The molecule has 78 valence electrons. The van der Waals surface area contributed by atoms with Crippen molar-refractivity contribution >= 4 is 6.29 Å². The van der Waals surface area contributed by atoms with Crippen molar-refractivity contribution in [1.29, 1.82) is 0 Å². The Hall–Kier alpha value is -1.84. The van der Waals surface area contributed by atoms with Gasteiger partial charge in [0.2, 0.25) is 0 Å². The van der Waals surface area contributed by atoms with Gasteiger partial charge in [-0.1, -0.05) is 0 Å². The van der Waals surface area contributed by atoms with E-state index in [4.69, 9.17) is 4.42 Å². The zero-order chi connectivity index (χ0) is 10.8. The normalized spacial score (nSPS) is 10.9. The van der Waals surface area contributed by atoms with E-state index < -0.39 is 0 Å². The van der Waals surface area contributed by atoms with E-state index in [9.17, 15) is 4.79 Å². The number of hydrogen-bond acceptors (Lipinski definition) is 3. The molecule has 0 saturated carbocycles. The molecule has 15 heavy (non-hydrogen) atoms. The van der Waals surface area contributed by atoms with Crippen molar-refractivity contribution in [3.63, 3.8) is 0 Å². The lowest BCUT2D eigenvalue weighted by Gasteiger charge is -2.02. The molecule has 0 spiro atoms. The molecule has 0 aliphatic carbocycles. The molecule has 0 N–H and O–H groups in total. The van der Waals surface area contributed by atoms with Crippen molar-refractivity contribution < 1.29 is 9.21 Å². The second-order valence-electron chi connectivity index (χ2n) is 3.60. The van der Waals surface area contributed by atoms with Crippen LogP contribution in [0.25, 0.3) is 11.5 Å². The zero-order valence-corrected chi connectivity index (χ0v) is 8.68. The summed E-state index contributed by atoms with van der Waals surface area (Å²) >= 11 is 0. The molecular formula is C11H12N2O2. The lowest BCUT2D eigenvalue weighted by Crippen LogP contribution is -2.00. The van der Waals surface area contributed by atoms with Gasteiger partial charge in [-0.15, -0.1) is 0 Å². The number of nitrogens with zero attached hydrogens (tertiary/aromatic N) is 2. The quantitative estimate of drug-likeness (QED) is 0.722. The first-order valence-corrected chi connectivity index (χ1v) is 4.80. The first-order valence-electron chi connectivity index (χ1n) is 4.80. The second kappa shape index (κ2) is 3.73. The number of carbonyl (C=O) groups is 1. The summed E-state index contributed by atoms with van der Waals surface area (Å²) < 4.78 is 6.97. The van der Waals surface area contributed by atoms with Crippen LogP contribution in [0.3, 0.4) is 0 Å².